The third kappa shape index (κ3) is 6.35. The predicted molar refractivity (Wildman–Crippen MR) is 110 cm³/mol. The Kier molecular flexibility index (Phi) is 8.02. The maximum atomic E-state index is 12.3. The summed E-state index contributed by atoms with van der Waals surface area (Å²) in [6.45, 7) is 6.42. The van der Waals surface area contributed by atoms with E-state index >= 15 is 0 Å². The summed E-state index contributed by atoms with van der Waals surface area (Å²) in [7, 11) is -3.66. The Morgan fingerprint density at radius 1 is 1.04 bits per heavy atom. The fourth-order valence-corrected chi connectivity index (χ4v) is 3.78. The molecule has 0 heterocycles. The maximum Gasteiger partial charge on any atom is 0.240 e. The van der Waals surface area contributed by atoms with Gasteiger partial charge >= 0.3 is 0 Å². The fraction of sp³-hybridized carbons (Fsp3) is 0.381. The number of carbonyl (C=O) groups excluding carboxylic acids is 1. The number of amides is 1. The van der Waals surface area contributed by atoms with E-state index in [-0.39, 0.29) is 29.8 Å². The highest BCUT2D eigenvalue weighted by molar-refractivity contribution is 7.89. The van der Waals surface area contributed by atoms with Crippen LogP contribution in [0.25, 0.3) is 0 Å². The zero-order valence-electron chi connectivity index (χ0n) is 16.6. The van der Waals surface area contributed by atoms with Gasteiger partial charge in [-0.05, 0) is 50.1 Å². The summed E-state index contributed by atoms with van der Waals surface area (Å²) >= 11 is 0. The zero-order valence-corrected chi connectivity index (χ0v) is 17.4. The van der Waals surface area contributed by atoms with Crippen LogP contribution in [0.1, 0.15) is 43.9 Å². The molecule has 1 unspecified atom stereocenters. The van der Waals surface area contributed by atoms with Crippen LogP contribution in [0.5, 0.6) is 5.75 Å². The highest BCUT2D eigenvalue weighted by Crippen LogP contribution is 2.18. The molecule has 0 spiro atoms. The van der Waals surface area contributed by atoms with E-state index in [1.54, 1.807) is 12.1 Å². The summed E-state index contributed by atoms with van der Waals surface area (Å²) in [5, 5.41) is 2.96. The van der Waals surface area contributed by atoms with Crippen LogP contribution in [0.2, 0.25) is 0 Å². The molecule has 2 rings (SSSR count). The van der Waals surface area contributed by atoms with Crippen LogP contribution in [-0.2, 0) is 14.8 Å². The lowest BCUT2D eigenvalue weighted by Gasteiger charge is -2.18. The van der Waals surface area contributed by atoms with Crippen molar-refractivity contribution in [2.45, 2.75) is 44.6 Å². The largest absolute Gasteiger partial charge is 0.494 e. The van der Waals surface area contributed by atoms with Gasteiger partial charge in [0.25, 0.3) is 0 Å². The van der Waals surface area contributed by atoms with Gasteiger partial charge in [-0.25, -0.2) is 13.1 Å². The van der Waals surface area contributed by atoms with E-state index in [1.165, 1.54) is 12.1 Å². The number of sulfonamides is 1. The van der Waals surface area contributed by atoms with E-state index in [2.05, 4.69) is 10.0 Å². The number of aryl methyl sites for hydroxylation is 1. The normalized spacial score (nSPS) is 12.4. The molecule has 0 saturated heterocycles. The van der Waals surface area contributed by atoms with Gasteiger partial charge in [-0.2, -0.15) is 0 Å². The molecule has 2 aromatic rings. The van der Waals surface area contributed by atoms with Crippen molar-refractivity contribution in [1.82, 2.24) is 10.0 Å². The molecule has 1 amide bonds. The van der Waals surface area contributed by atoms with Crippen molar-refractivity contribution in [2.75, 3.05) is 13.2 Å². The van der Waals surface area contributed by atoms with Gasteiger partial charge in [-0.15, -0.1) is 0 Å². The lowest BCUT2D eigenvalue weighted by molar-refractivity contribution is -0.121. The summed E-state index contributed by atoms with van der Waals surface area (Å²) in [5.74, 6) is 0.421. The first kappa shape index (κ1) is 21.9. The molecule has 0 aliphatic heterocycles. The minimum Gasteiger partial charge on any atom is -0.494 e. The molecule has 0 aliphatic rings. The Morgan fingerprint density at radius 2 is 1.68 bits per heavy atom. The van der Waals surface area contributed by atoms with Gasteiger partial charge in [0.2, 0.25) is 15.9 Å². The Hall–Kier alpha value is -2.38. The molecule has 0 fully saturated rings. The first-order chi connectivity index (χ1) is 13.4. The topological polar surface area (TPSA) is 84.5 Å². The average molecular weight is 405 g/mol. The van der Waals surface area contributed by atoms with Crippen LogP contribution in [0.15, 0.2) is 53.4 Å². The molecule has 6 nitrogen and oxygen atoms in total. The highest BCUT2D eigenvalue weighted by atomic mass is 32.2. The van der Waals surface area contributed by atoms with Crippen LogP contribution in [-0.4, -0.2) is 27.5 Å². The van der Waals surface area contributed by atoms with E-state index in [0.29, 0.717) is 12.4 Å². The number of benzene rings is 2. The fourth-order valence-electron chi connectivity index (χ4n) is 2.75. The van der Waals surface area contributed by atoms with E-state index in [9.17, 15) is 13.2 Å². The quantitative estimate of drug-likeness (QED) is 0.636. The van der Waals surface area contributed by atoms with Gasteiger partial charge in [0.15, 0.2) is 0 Å². The molecule has 2 N–H and O–H groups in total. The predicted octanol–water partition coefficient (Wildman–Crippen LogP) is 3.33. The molecule has 7 heteroatoms. The Bertz CT molecular complexity index is 862. The molecule has 0 saturated carbocycles. The standard InChI is InChI=1S/C21H28N2O4S/c1-4-20(17-8-6-16(3)7-9-17)23-21(24)14-15-22-28(25,26)19-12-10-18(11-13-19)27-5-2/h6-13,20,22H,4-5,14-15H2,1-3H3,(H,23,24). The minimum atomic E-state index is -3.66. The number of rotatable bonds is 10. The lowest BCUT2D eigenvalue weighted by atomic mass is 10.0. The Balaban J connectivity index is 1.87. The van der Waals surface area contributed by atoms with Crippen LogP contribution < -0.4 is 14.8 Å². The van der Waals surface area contributed by atoms with Gasteiger partial charge in [-0.3, -0.25) is 4.79 Å². The minimum absolute atomic E-state index is 0.0334. The SMILES string of the molecule is CCOc1ccc(S(=O)(=O)NCCC(=O)NC(CC)c2ccc(C)cc2)cc1. The molecule has 28 heavy (non-hydrogen) atoms. The number of ether oxygens (including phenoxy) is 1. The third-order valence-electron chi connectivity index (χ3n) is 4.31. The van der Waals surface area contributed by atoms with Crippen molar-refractivity contribution in [3.05, 3.63) is 59.7 Å². The van der Waals surface area contributed by atoms with Crippen molar-refractivity contribution in [2.24, 2.45) is 0 Å². The van der Waals surface area contributed by atoms with Crippen molar-refractivity contribution in [3.63, 3.8) is 0 Å². The number of carbonyl (C=O) groups is 1. The highest BCUT2D eigenvalue weighted by Gasteiger charge is 2.16. The molecule has 0 aliphatic carbocycles. The first-order valence-corrected chi connectivity index (χ1v) is 10.9. The van der Waals surface area contributed by atoms with Gasteiger partial charge in [-0.1, -0.05) is 36.8 Å². The van der Waals surface area contributed by atoms with Crippen LogP contribution >= 0.6 is 0 Å². The first-order valence-electron chi connectivity index (χ1n) is 9.44. The number of hydrogen-bond donors (Lipinski definition) is 2. The van der Waals surface area contributed by atoms with E-state index in [0.717, 1.165) is 17.5 Å². The second kappa shape index (κ2) is 10.2. The molecule has 152 valence electrons. The Labute approximate surface area is 167 Å². The monoisotopic (exact) mass is 404 g/mol. The van der Waals surface area contributed by atoms with Crippen molar-refractivity contribution >= 4 is 15.9 Å². The summed E-state index contributed by atoms with van der Waals surface area (Å²) in [4.78, 5) is 12.4. The van der Waals surface area contributed by atoms with E-state index < -0.39 is 10.0 Å². The second-order valence-electron chi connectivity index (χ2n) is 6.49. The zero-order chi connectivity index (χ0) is 20.6. The van der Waals surface area contributed by atoms with Gasteiger partial charge < -0.3 is 10.1 Å². The molecular formula is C21H28N2O4S. The second-order valence-corrected chi connectivity index (χ2v) is 8.26. The van der Waals surface area contributed by atoms with Crippen LogP contribution in [0.4, 0.5) is 0 Å². The van der Waals surface area contributed by atoms with Gasteiger partial charge in [0.1, 0.15) is 5.75 Å². The number of hydrogen-bond acceptors (Lipinski definition) is 4. The summed E-state index contributed by atoms with van der Waals surface area (Å²) in [6.07, 6.45) is 0.825. The van der Waals surface area contributed by atoms with Crippen LogP contribution in [0.3, 0.4) is 0 Å². The van der Waals surface area contributed by atoms with Crippen molar-refractivity contribution in [1.29, 1.82) is 0 Å². The molecule has 0 bridgehead atoms. The molecule has 0 aromatic heterocycles. The summed E-state index contributed by atoms with van der Waals surface area (Å²) in [6, 6.07) is 14.1. The average Bonchev–Trinajstić information content (AvgIpc) is 2.67. The van der Waals surface area contributed by atoms with E-state index in [4.69, 9.17) is 4.74 Å². The maximum absolute atomic E-state index is 12.3. The Morgan fingerprint density at radius 3 is 2.25 bits per heavy atom. The van der Waals surface area contributed by atoms with Gasteiger partial charge in [0, 0.05) is 13.0 Å². The van der Waals surface area contributed by atoms with E-state index in [1.807, 2.05) is 45.0 Å². The van der Waals surface area contributed by atoms with Crippen LogP contribution in [0, 0.1) is 6.92 Å². The molecule has 2 aromatic carbocycles. The van der Waals surface area contributed by atoms with Crippen molar-refractivity contribution in [3.8, 4) is 5.75 Å². The van der Waals surface area contributed by atoms with Gasteiger partial charge in [0.05, 0.1) is 17.5 Å². The smallest absolute Gasteiger partial charge is 0.240 e. The summed E-state index contributed by atoms with van der Waals surface area (Å²) in [5.41, 5.74) is 2.20. The molecule has 0 radical (unpaired) electrons. The third-order valence-corrected chi connectivity index (χ3v) is 5.79. The van der Waals surface area contributed by atoms with Crippen molar-refractivity contribution < 1.29 is 17.9 Å². The summed E-state index contributed by atoms with van der Waals surface area (Å²) < 4.78 is 32.4. The molecule has 1 atom stereocenters. The molecular weight excluding hydrogens is 376 g/mol. The number of nitrogens with one attached hydrogen (secondary N) is 2. The lowest BCUT2D eigenvalue weighted by Crippen LogP contribution is -2.32.